The molecule has 0 unspecified atom stereocenters. The Bertz CT molecular complexity index is 2120. The van der Waals surface area contributed by atoms with E-state index >= 15 is 8.78 Å². The highest BCUT2D eigenvalue weighted by Gasteiger charge is 2.31. The van der Waals surface area contributed by atoms with Gasteiger partial charge in [-0.2, -0.15) is 4.98 Å². The highest BCUT2D eigenvalue weighted by Crippen LogP contribution is 2.36. The normalized spacial score (nSPS) is 17.7. The van der Waals surface area contributed by atoms with Crippen molar-refractivity contribution < 1.29 is 31.8 Å². The van der Waals surface area contributed by atoms with Gasteiger partial charge in [0.05, 0.1) is 40.4 Å². The fourth-order valence-corrected chi connectivity index (χ4v) is 7.12. The third kappa shape index (κ3) is 6.75. The maximum absolute atomic E-state index is 16.0. The molecule has 1 atom stereocenters. The van der Waals surface area contributed by atoms with Crippen molar-refractivity contribution in [3.63, 3.8) is 0 Å². The number of aromatic hydroxyl groups is 1. The van der Waals surface area contributed by atoms with Crippen molar-refractivity contribution in [1.82, 2.24) is 29.3 Å². The SMILES string of the molecule is Cc1nccc(S(C)(=O)=O)c1-n1c(=O)nc(N2CCN(C(=O)/C=C/CN3CCOCC3)C[C@@H]2C)c2cc(F)c(-c3c(O)cccc3F)nc21. The van der Waals surface area contributed by atoms with Crippen molar-refractivity contribution in [3.05, 3.63) is 76.5 Å². The molecule has 258 valence electrons. The quantitative estimate of drug-likeness (QED) is 0.284. The zero-order valence-corrected chi connectivity index (χ0v) is 28.0. The number of carbonyl (C=O) groups excluding carboxylic acids is 1. The molecule has 0 bridgehead atoms. The van der Waals surface area contributed by atoms with Crippen LogP contribution < -0.4 is 10.6 Å². The Labute approximate surface area is 281 Å². The summed E-state index contributed by atoms with van der Waals surface area (Å²) in [6.07, 6.45) is 5.61. The van der Waals surface area contributed by atoms with E-state index in [0.29, 0.717) is 19.8 Å². The summed E-state index contributed by atoms with van der Waals surface area (Å²) in [6.45, 7) is 7.62. The highest BCUT2D eigenvalue weighted by atomic mass is 32.2. The Morgan fingerprint density at radius 1 is 1.10 bits per heavy atom. The van der Waals surface area contributed by atoms with Crippen LogP contribution in [0, 0.1) is 18.6 Å². The standard InChI is InChI=1S/C33H35F2N7O6S/c1-20-19-40(27(44)8-5-11-39-14-16-48-17-15-39)12-13-41(20)31-22-18-24(35)29(28-23(34)6-4-7-25(28)43)37-32(22)42(33(45)38-31)30-21(2)36-10-9-26(30)49(3,46)47/h4-10,18,20,43H,11-17,19H2,1-3H3/b8-5+/t20-/m0/s1. The summed E-state index contributed by atoms with van der Waals surface area (Å²) in [5.74, 6) is -2.68. The largest absolute Gasteiger partial charge is 0.507 e. The minimum Gasteiger partial charge on any atom is -0.507 e. The van der Waals surface area contributed by atoms with Gasteiger partial charge in [0.1, 0.15) is 23.1 Å². The van der Waals surface area contributed by atoms with Gasteiger partial charge in [0.25, 0.3) is 0 Å². The monoisotopic (exact) mass is 695 g/mol. The van der Waals surface area contributed by atoms with Gasteiger partial charge in [-0.15, -0.1) is 0 Å². The van der Waals surface area contributed by atoms with E-state index in [1.54, 1.807) is 15.9 Å². The van der Waals surface area contributed by atoms with Gasteiger partial charge in [-0.3, -0.25) is 14.7 Å². The predicted molar refractivity (Wildman–Crippen MR) is 178 cm³/mol. The third-order valence-electron chi connectivity index (χ3n) is 8.66. The number of nitrogens with zero attached hydrogens (tertiary/aromatic N) is 7. The van der Waals surface area contributed by atoms with Crippen molar-refractivity contribution in [2.75, 3.05) is 63.6 Å². The molecule has 2 aliphatic rings. The first-order valence-corrected chi connectivity index (χ1v) is 17.5. The van der Waals surface area contributed by atoms with Crippen LogP contribution in [-0.2, 0) is 19.4 Å². The number of morpholine rings is 1. The second-order valence-electron chi connectivity index (χ2n) is 12.0. The fourth-order valence-electron chi connectivity index (χ4n) is 6.22. The zero-order chi connectivity index (χ0) is 35.0. The topological polar surface area (TPSA) is 151 Å². The smallest absolute Gasteiger partial charge is 0.355 e. The summed E-state index contributed by atoms with van der Waals surface area (Å²) in [6, 6.07) is 5.31. The molecule has 13 nitrogen and oxygen atoms in total. The molecule has 1 amide bonds. The molecular weight excluding hydrogens is 660 g/mol. The van der Waals surface area contributed by atoms with Crippen LogP contribution in [-0.4, -0.2) is 114 Å². The lowest BCUT2D eigenvalue weighted by atomic mass is 10.1. The average molecular weight is 696 g/mol. The lowest BCUT2D eigenvalue weighted by Gasteiger charge is -2.40. The maximum Gasteiger partial charge on any atom is 0.355 e. The molecule has 5 heterocycles. The first-order chi connectivity index (χ1) is 23.3. The number of phenolic OH excluding ortho intramolecular Hbond substituents is 1. The van der Waals surface area contributed by atoms with Crippen molar-refractivity contribution in [1.29, 1.82) is 0 Å². The minimum absolute atomic E-state index is 0.0245. The molecule has 3 aromatic heterocycles. The molecular formula is C33H35F2N7O6S. The van der Waals surface area contributed by atoms with Gasteiger partial charge in [0, 0.05) is 63.8 Å². The molecule has 0 saturated carbocycles. The van der Waals surface area contributed by atoms with Crippen molar-refractivity contribution in [2.45, 2.75) is 24.8 Å². The van der Waals surface area contributed by atoms with Crippen molar-refractivity contribution in [2.24, 2.45) is 0 Å². The van der Waals surface area contributed by atoms with Gasteiger partial charge in [-0.05, 0) is 38.1 Å². The molecule has 1 N–H and O–H groups in total. The third-order valence-corrected chi connectivity index (χ3v) is 9.79. The summed E-state index contributed by atoms with van der Waals surface area (Å²) in [4.78, 5) is 45.3. The Hall–Kier alpha value is -4.80. The fraction of sp³-hybridized carbons (Fsp3) is 0.364. The van der Waals surface area contributed by atoms with Crippen LogP contribution in [0.5, 0.6) is 5.75 Å². The number of benzene rings is 1. The lowest BCUT2D eigenvalue weighted by Crippen LogP contribution is -2.54. The first-order valence-electron chi connectivity index (χ1n) is 15.6. The van der Waals surface area contributed by atoms with Crippen LogP contribution >= 0.6 is 0 Å². The number of rotatable bonds is 7. The number of anilines is 1. The van der Waals surface area contributed by atoms with Crippen LogP contribution in [0.25, 0.3) is 28.0 Å². The molecule has 49 heavy (non-hydrogen) atoms. The maximum atomic E-state index is 16.0. The molecule has 6 rings (SSSR count). The summed E-state index contributed by atoms with van der Waals surface area (Å²) < 4.78 is 63.0. The van der Waals surface area contributed by atoms with Crippen LogP contribution in [0.15, 0.2) is 58.4 Å². The van der Waals surface area contributed by atoms with Gasteiger partial charge in [0.15, 0.2) is 21.3 Å². The van der Waals surface area contributed by atoms with E-state index in [0.717, 1.165) is 36.0 Å². The summed E-state index contributed by atoms with van der Waals surface area (Å²) in [5, 5.41) is 10.5. The Morgan fingerprint density at radius 2 is 1.86 bits per heavy atom. The van der Waals surface area contributed by atoms with Crippen LogP contribution in [0.1, 0.15) is 12.6 Å². The van der Waals surface area contributed by atoms with Gasteiger partial charge >= 0.3 is 5.69 Å². The van der Waals surface area contributed by atoms with Gasteiger partial charge in [-0.25, -0.2) is 31.5 Å². The first kappa shape index (κ1) is 34.1. The van der Waals surface area contributed by atoms with E-state index in [1.807, 2.05) is 13.0 Å². The number of ether oxygens (including phenoxy) is 1. The number of carbonyl (C=O) groups is 1. The molecule has 1 aromatic carbocycles. The second-order valence-corrected chi connectivity index (χ2v) is 14.0. The lowest BCUT2D eigenvalue weighted by molar-refractivity contribution is -0.126. The highest BCUT2D eigenvalue weighted by molar-refractivity contribution is 7.90. The predicted octanol–water partition coefficient (Wildman–Crippen LogP) is 2.46. The van der Waals surface area contributed by atoms with Gasteiger partial charge in [0.2, 0.25) is 5.91 Å². The van der Waals surface area contributed by atoms with E-state index in [4.69, 9.17) is 4.74 Å². The van der Waals surface area contributed by atoms with Gasteiger partial charge < -0.3 is 19.6 Å². The second kappa shape index (κ2) is 13.6. The number of amides is 1. The number of hydrogen-bond donors (Lipinski definition) is 1. The number of fused-ring (bicyclic) bond motifs is 1. The van der Waals surface area contributed by atoms with E-state index in [2.05, 4.69) is 19.9 Å². The molecule has 16 heteroatoms. The van der Waals surface area contributed by atoms with Crippen molar-refractivity contribution >= 4 is 32.6 Å². The molecule has 0 radical (unpaired) electrons. The molecule has 4 aromatic rings. The molecule has 2 fully saturated rings. The van der Waals surface area contributed by atoms with E-state index in [1.165, 1.54) is 31.3 Å². The average Bonchev–Trinajstić information content (AvgIpc) is 3.05. The van der Waals surface area contributed by atoms with E-state index in [9.17, 15) is 23.1 Å². The molecule has 2 aliphatic heterocycles. The number of sulfone groups is 1. The Kier molecular flexibility index (Phi) is 9.46. The molecule has 0 spiro atoms. The van der Waals surface area contributed by atoms with Crippen molar-refractivity contribution in [3.8, 4) is 22.7 Å². The number of pyridine rings is 2. The van der Waals surface area contributed by atoms with E-state index in [-0.39, 0.29) is 64.7 Å². The number of phenols is 1. The Balaban J connectivity index is 1.45. The van der Waals surface area contributed by atoms with Crippen LogP contribution in [0.3, 0.4) is 0 Å². The molecule has 0 aliphatic carbocycles. The number of aryl methyl sites for hydroxylation is 1. The van der Waals surface area contributed by atoms with Crippen LogP contribution in [0.2, 0.25) is 0 Å². The van der Waals surface area contributed by atoms with Crippen LogP contribution in [0.4, 0.5) is 14.6 Å². The Morgan fingerprint density at radius 3 is 2.55 bits per heavy atom. The summed E-state index contributed by atoms with van der Waals surface area (Å²) >= 11 is 0. The molecule has 2 saturated heterocycles. The minimum atomic E-state index is -3.93. The summed E-state index contributed by atoms with van der Waals surface area (Å²) in [7, 11) is -3.93. The number of piperazine rings is 1. The summed E-state index contributed by atoms with van der Waals surface area (Å²) in [5.41, 5.74) is -2.30. The number of halogens is 2. The number of aromatic nitrogens is 4. The van der Waals surface area contributed by atoms with Gasteiger partial charge in [-0.1, -0.05) is 12.1 Å². The zero-order valence-electron chi connectivity index (χ0n) is 27.1. The number of hydrogen-bond acceptors (Lipinski definition) is 11. The van der Waals surface area contributed by atoms with E-state index < -0.39 is 44.2 Å².